The zero-order valence-electron chi connectivity index (χ0n) is 8.55. The molecule has 3 N–H and O–H groups in total. The number of nitrogens with zero attached hydrogens (tertiary/aromatic N) is 1. The van der Waals surface area contributed by atoms with E-state index in [0.717, 1.165) is 11.4 Å². The standard InChI is InChI=1S/C11H12N3OP/c12-8-1-6-11(13-7-8)15-10-4-2-9(14-16)3-5-10/h1-7,14H,12,16H2. The Labute approximate surface area is 96.1 Å². The lowest BCUT2D eigenvalue weighted by atomic mass is 10.3. The van der Waals surface area contributed by atoms with E-state index in [1.165, 1.54) is 0 Å². The van der Waals surface area contributed by atoms with E-state index in [4.69, 9.17) is 10.5 Å². The summed E-state index contributed by atoms with van der Waals surface area (Å²) in [6, 6.07) is 11.0. The summed E-state index contributed by atoms with van der Waals surface area (Å²) >= 11 is 0. The first-order valence-corrected chi connectivity index (χ1v) is 5.32. The van der Waals surface area contributed by atoms with Crippen LogP contribution in [-0.2, 0) is 0 Å². The Morgan fingerprint density at radius 3 is 2.44 bits per heavy atom. The van der Waals surface area contributed by atoms with Gasteiger partial charge < -0.3 is 15.6 Å². The number of anilines is 2. The van der Waals surface area contributed by atoms with E-state index >= 15 is 0 Å². The molecule has 0 spiro atoms. The van der Waals surface area contributed by atoms with E-state index in [1.807, 2.05) is 24.3 Å². The van der Waals surface area contributed by atoms with E-state index in [1.54, 1.807) is 18.3 Å². The van der Waals surface area contributed by atoms with E-state index in [2.05, 4.69) is 19.5 Å². The minimum absolute atomic E-state index is 0.529. The van der Waals surface area contributed by atoms with Crippen LogP contribution in [-0.4, -0.2) is 4.98 Å². The molecule has 1 unspecified atom stereocenters. The molecule has 0 aliphatic carbocycles. The monoisotopic (exact) mass is 233 g/mol. The number of aromatic nitrogens is 1. The van der Waals surface area contributed by atoms with Crippen LogP contribution in [0.2, 0.25) is 0 Å². The maximum Gasteiger partial charge on any atom is 0.219 e. The van der Waals surface area contributed by atoms with Crippen LogP contribution < -0.4 is 15.6 Å². The van der Waals surface area contributed by atoms with E-state index in [9.17, 15) is 0 Å². The fourth-order valence-electron chi connectivity index (χ4n) is 1.19. The second-order valence-electron chi connectivity index (χ2n) is 3.20. The van der Waals surface area contributed by atoms with Crippen molar-refractivity contribution in [1.29, 1.82) is 0 Å². The first kappa shape index (κ1) is 10.7. The molecule has 0 bridgehead atoms. The molecule has 82 valence electrons. The van der Waals surface area contributed by atoms with Crippen LogP contribution in [0.4, 0.5) is 11.4 Å². The summed E-state index contributed by atoms with van der Waals surface area (Å²) in [6.45, 7) is 0. The largest absolute Gasteiger partial charge is 0.439 e. The molecule has 5 heteroatoms. The maximum absolute atomic E-state index is 5.53. The summed E-state index contributed by atoms with van der Waals surface area (Å²) in [5.74, 6) is 1.27. The highest BCUT2D eigenvalue weighted by molar-refractivity contribution is 7.18. The molecule has 0 aliphatic heterocycles. The van der Waals surface area contributed by atoms with Crippen molar-refractivity contribution in [3.05, 3.63) is 42.6 Å². The van der Waals surface area contributed by atoms with Gasteiger partial charge in [-0.15, -0.1) is 0 Å². The summed E-state index contributed by atoms with van der Waals surface area (Å²) in [7, 11) is 2.44. The number of nitrogen functional groups attached to an aromatic ring is 1. The quantitative estimate of drug-likeness (QED) is 0.800. The Morgan fingerprint density at radius 2 is 1.88 bits per heavy atom. The molecule has 2 rings (SSSR count). The summed E-state index contributed by atoms with van der Waals surface area (Å²) in [5.41, 5.74) is 7.15. The second kappa shape index (κ2) is 4.81. The van der Waals surface area contributed by atoms with Gasteiger partial charge in [-0.3, -0.25) is 0 Å². The molecule has 2 aromatic rings. The third kappa shape index (κ3) is 2.61. The van der Waals surface area contributed by atoms with Gasteiger partial charge in [-0.05, 0) is 39.7 Å². The topological polar surface area (TPSA) is 60.2 Å². The lowest BCUT2D eigenvalue weighted by Gasteiger charge is -2.05. The van der Waals surface area contributed by atoms with Gasteiger partial charge in [0.2, 0.25) is 5.88 Å². The van der Waals surface area contributed by atoms with Gasteiger partial charge in [-0.25, -0.2) is 4.98 Å². The molecule has 0 saturated carbocycles. The van der Waals surface area contributed by atoms with E-state index in [0.29, 0.717) is 11.6 Å². The minimum Gasteiger partial charge on any atom is -0.439 e. The highest BCUT2D eigenvalue weighted by Crippen LogP contribution is 2.22. The lowest BCUT2D eigenvalue weighted by Crippen LogP contribution is -1.90. The highest BCUT2D eigenvalue weighted by atomic mass is 31.0. The van der Waals surface area contributed by atoms with Crippen molar-refractivity contribution in [3.8, 4) is 11.6 Å². The average molecular weight is 233 g/mol. The molecule has 0 saturated heterocycles. The first-order chi connectivity index (χ1) is 7.78. The Morgan fingerprint density at radius 1 is 1.12 bits per heavy atom. The first-order valence-electron chi connectivity index (χ1n) is 4.74. The van der Waals surface area contributed by atoms with Gasteiger partial charge in [0.05, 0.1) is 11.9 Å². The van der Waals surface area contributed by atoms with Crippen LogP contribution in [0.25, 0.3) is 0 Å². The highest BCUT2D eigenvalue weighted by Gasteiger charge is 1.98. The smallest absolute Gasteiger partial charge is 0.219 e. The molecule has 16 heavy (non-hydrogen) atoms. The zero-order chi connectivity index (χ0) is 11.4. The summed E-state index contributed by atoms with van der Waals surface area (Å²) in [5, 5.41) is 2.95. The minimum atomic E-state index is 0.529. The van der Waals surface area contributed by atoms with Crippen molar-refractivity contribution in [1.82, 2.24) is 4.98 Å². The molecule has 1 atom stereocenters. The van der Waals surface area contributed by atoms with E-state index < -0.39 is 0 Å². The van der Waals surface area contributed by atoms with Crippen molar-refractivity contribution in [3.63, 3.8) is 0 Å². The number of hydrogen-bond donors (Lipinski definition) is 2. The van der Waals surface area contributed by atoms with Crippen LogP contribution in [0.15, 0.2) is 42.6 Å². The van der Waals surface area contributed by atoms with Crippen molar-refractivity contribution >= 4 is 20.8 Å². The number of benzene rings is 1. The number of pyridine rings is 1. The fraction of sp³-hybridized carbons (Fsp3) is 0. The normalized spacial score (nSPS) is 9.81. The van der Waals surface area contributed by atoms with Crippen LogP contribution in [0, 0.1) is 0 Å². The van der Waals surface area contributed by atoms with Gasteiger partial charge in [0.15, 0.2) is 0 Å². The third-order valence-electron chi connectivity index (χ3n) is 2.00. The van der Waals surface area contributed by atoms with Crippen LogP contribution >= 0.6 is 9.39 Å². The molecule has 1 aromatic carbocycles. The van der Waals surface area contributed by atoms with Crippen molar-refractivity contribution in [2.45, 2.75) is 0 Å². The fourth-order valence-corrected chi connectivity index (χ4v) is 1.38. The molecule has 0 radical (unpaired) electrons. The van der Waals surface area contributed by atoms with Crippen molar-refractivity contribution < 1.29 is 4.74 Å². The van der Waals surface area contributed by atoms with Gasteiger partial charge in [0.1, 0.15) is 5.75 Å². The predicted molar refractivity (Wildman–Crippen MR) is 68.5 cm³/mol. The number of rotatable bonds is 3. The zero-order valence-corrected chi connectivity index (χ0v) is 9.71. The Balaban J connectivity index is 2.11. The Bertz CT molecular complexity index is 456. The van der Waals surface area contributed by atoms with E-state index in [-0.39, 0.29) is 0 Å². The summed E-state index contributed by atoms with van der Waals surface area (Å²) < 4.78 is 5.53. The number of nitrogens with one attached hydrogen (secondary N) is 1. The molecule has 1 heterocycles. The van der Waals surface area contributed by atoms with Crippen LogP contribution in [0.3, 0.4) is 0 Å². The Kier molecular flexibility index (Phi) is 3.22. The molecule has 4 nitrogen and oxygen atoms in total. The number of hydrogen-bond acceptors (Lipinski definition) is 4. The predicted octanol–water partition coefficient (Wildman–Crippen LogP) is 2.66. The molecule has 0 fully saturated rings. The molecular weight excluding hydrogens is 221 g/mol. The number of nitrogens with two attached hydrogens (primary N) is 1. The molecule has 0 aliphatic rings. The van der Waals surface area contributed by atoms with Crippen molar-refractivity contribution in [2.75, 3.05) is 10.8 Å². The van der Waals surface area contributed by atoms with Gasteiger partial charge in [-0.1, -0.05) is 0 Å². The molecule has 0 amide bonds. The lowest BCUT2D eigenvalue weighted by molar-refractivity contribution is 0.463. The third-order valence-corrected chi connectivity index (χ3v) is 2.34. The number of ether oxygens (including phenoxy) is 1. The van der Waals surface area contributed by atoms with Crippen molar-refractivity contribution in [2.24, 2.45) is 0 Å². The molecular formula is C11H12N3OP. The van der Waals surface area contributed by atoms with Gasteiger partial charge in [0, 0.05) is 11.8 Å². The molecule has 1 aromatic heterocycles. The SMILES string of the molecule is Nc1ccc(Oc2ccc(NP)cc2)nc1. The van der Waals surface area contributed by atoms with Gasteiger partial charge in [0.25, 0.3) is 0 Å². The average Bonchev–Trinajstić information content (AvgIpc) is 2.33. The second-order valence-corrected chi connectivity index (χ2v) is 3.49. The Hall–Kier alpha value is -1.80. The van der Waals surface area contributed by atoms with Crippen LogP contribution in [0.5, 0.6) is 11.6 Å². The van der Waals surface area contributed by atoms with Crippen LogP contribution in [0.1, 0.15) is 0 Å². The van der Waals surface area contributed by atoms with Gasteiger partial charge in [-0.2, -0.15) is 0 Å². The summed E-state index contributed by atoms with van der Waals surface area (Å²) in [4.78, 5) is 4.05. The maximum atomic E-state index is 5.53. The summed E-state index contributed by atoms with van der Waals surface area (Å²) in [6.07, 6.45) is 1.56. The van der Waals surface area contributed by atoms with Gasteiger partial charge >= 0.3 is 0 Å².